The Morgan fingerprint density at radius 1 is 0.813 bits per heavy atom. The van der Waals surface area contributed by atoms with E-state index in [-0.39, 0.29) is 77.7 Å². The molecule has 3 aromatic heterocycles. The van der Waals surface area contributed by atoms with Crippen LogP contribution >= 0.6 is 22.9 Å². The van der Waals surface area contributed by atoms with Crippen molar-refractivity contribution >= 4 is 80.4 Å². The Labute approximate surface area is 627 Å². The normalized spacial score (nSPS) is 14.3. The van der Waals surface area contributed by atoms with E-state index in [2.05, 4.69) is 54.1 Å². The first kappa shape index (κ1) is 78.7. The predicted octanol–water partition coefficient (Wildman–Crippen LogP) is 9.08. The number of aromatic nitrogens is 4. The van der Waals surface area contributed by atoms with Gasteiger partial charge >= 0.3 is 12.0 Å². The molecule has 26 nitrogen and oxygen atoms in total. The minimum Gasteiger partial charge on any atom is -0.496 e. The molecule has 0 bridgehead atoms. The first-order chi connectivity index (χ1) is 51.6. The number of amides is 7. The molecule has 2 aliphatic heterocycles. The fraction of sp³-hybridized carbons (Fsp3) is 0.346. The number of ether oxygens (including phenoxy) is 6. The fourth-order valence-electron chi connectivity index (χ4n) is 12.4. The number of aliphatic carboxylic acids is 1. The lowest BCUT2D eigenvalue weighted by atomic mass is 9.96. The number of carboxylic acids is 1. The molecule has 0 radical (unpaired) electrons. The van der Waals surface area contributed by atoms with Crippen LogP contribution in [0, 0.1) is 31.0 Å². The molecule has 8 aromatic rings. The van der Waals surface area contributed by atoms with Gasteiger partial charge in [-0.1, -0.05) is 86.0 Å². The molecule has 2 unspecified atom stereocenters. The van der Waals surface area contributed by atoms with Crippen LogP contribution in [0.3, 0.4) is 0 Å². The summed E-state index contributed by atoms with van der Waals surface area (Å²) in [5, 5.41) is 22.6. The van der Waals surface area contributed by atoms with Crippen molar-refractivity contribution in [3.63, 3.8) is 0 Å². The average molecular weight is 1500 g/mol. The van der Waals surface area contributed by atoms with Crippen molar-refractivity contribution in [2.45, 2.75) is 84.4 Å². The van der Waals surface area contributed by atoms with Crippen LogP contribution in [0.15, 0.2) is 134 Å². The number of halogens is 2. The van der Waals surface area contributed by atoms with Gasteiger partial charge in [0.15, 0.2) is 5.82 Å². The molecule has 10 rings (SSSR count). The molecule has 5 aromatic carbocycles. The van der Waals surface area contributed by atoms with Gasteiger partial charge in [0.2, 0.25) is 29.7 Å². The van der Waals surface area contributed by atoms with Gasteiger partial charge in [-0.3, -0.25) is 33.8 Å². The smallest absolute Gasteiger partial charge is 0.345 e. The number of carbonyl (C=O) groups is 7. The number of anilines is 1. The van der Waals surface area contributed by atoms with Gasteiger partial charge in [0.05, 0.1) is 75.3 Å². The molecule has 560 valence electrons. The van der Waals surface area contributed by atoms with Crippen LogP contribution in [0.4, 0.5) is 14.9 Å². The molecule has 1 saturated heterocycles. The number of rotatable bonds is 37. The lowest BCUT2D eigenvalue weighted by Crippen LogP contribution is -2.57. The van der Waals surface area contributed by atoms with Crippen molar-refractivity contribution in [3.8, 4) is 68.4 Å². The number of imide groups is 1. The highest BCUT2D eigenvalue weighted by atomic mass is 35.5. The molecule has 0 spiro atoms. The van der Waals surface area contributed by atoms with Crippen LogP contribution in [0.1, 0.15) is 61.1 Å². The van der Waals surface area contributed by atoms with Crippen LogP contribution < -0.4 is 45.9 Å². The van der Waals surface area contributed by atoms with E-state index in [1.54, 1.807) is 81.8 Å². The third-order valence-electron chi connectivity index (χ3n) is 18.3. The maximum Gasteiger partial charge on any atom is 0.345 e. The van der Waals surface area contributed by atoms with E-state index in [0.717, 1.165) is 42.2 Å². The lowest BCUT2D eigenvalue weighted by Gasteiger charge is -2.42. The van der Waals surface area contributed by atoms with Gasteiger partial charge in [-0.15, -0.1) is 17.8 Å². The molecule has 107 heavy (non-hydrogen) atoms. The Kier molecular flexibility index (Phi) is 27.5. The number of methoxy groups -OCH3 is 1. The van der Waals surface area contributed by atoms with Crippen LogP contribution in [0.2, 0.25) is 5.02 Å². The van der Waals surface area contributed by atoms with Gasteiger partial charge in [0.1, 0.15) is 72.7 Å². The van der Waals surface area contributed by atoms with E-state index < -0.39 is 71.5 Å². The van der Waals surface area contributed by atoms with E-state index in [4.69, 9.17) is 57.2 Å². The number of para-hydroxylation sites is 2. The van der Waals surface area contributed by atoms with Gasteiger partial charge in [0, 0.05) is 79.1 Å². The Morgan fingerprint density at radius 2 is 1.56 bits per heavy atom. The highest BCUT2D eigenvalue weighted by molar-refractivity contribution is 7.22. The predicted molar refractivity (Wildman–Crippen MR) is 400 cm³/mol. The number of hydrogen-bond donors (Lipinski definition) is 6. The van der Waals surface area contributed by atoms with Gasteiger partial charge in [-0.25, -0.2) is 33.9 Å². The second-order valence-corrected chi connectivity index (χ2v) is 27.6. The Balaban J connectivity index is 0.773. The van der Waals surface area contributed by atoms with Crippen LogP contribution in [-0.2, 0) is 64.4 Å². The number of terminal acetylenes is 1. The highest BCUT2D eigenvalue weighted by Gasteiger charge is 2.34. The number of fused-ring (bicyclic) bond motifs is 1. The molecule has 29 heteroatoms. The molecule has 1 fully saturated rings. The van der Waals surface area contributed by atoms with Gasteiger partial charge < -0.3 is 65.0 Å². The summed E-state index contributed by atoms with van der Waals surface area (Å²) >= 11 is 8.59. The number of nitrogens with two attached hydrogens (primary N) is 1. The number of thiophene rings is 1. The zero-order chi connectivity index (χ0) is 76.2. The number of urea groups is 1. The van der Waals surface area contributed by atoms with Gasteiger partial charge in [0.25, 0.3) is 11.8 Å². The second-order valence-electron chi connectivity index (χ2n) is 26.2. The number of primary amides is 1. The van der Waals surface area contributed by atoms with Gasteiger partial charge in [-0.2, -0.15) is 0 Å². The van der Waals surface area contributed by atoms with Crippen LogP contribution in [-0.4, -0.2) is 185 Å². The van der Waals surface area contributed by atoms with Crippen molar-refractivity contribution in [2.24, 2.45) is 11.7 Å². The first-order valence-corrected chi connectivity index (χ1v) is 36.0. The maximum atomic E-state index is 14.5. The topological polar surface area (TPSA) is 327 Å². The van der Waals surface area contributed by atoms with Crippen LogP contribution in [0.25, 0.3) is 43.2 Å². The summed E-state index contributed by atoms with van der Waals surface area (Å²) in [5.74, 6) is -0.126. The van der Waals surface area contributed by atoms with Crippen molar-refractivity contribution in [3.05, 3.63) is 173 Å². The number of hydrogen-bond acceptors (Lipinski definition) is 19. The minimum atomic E-state index is -1.45. The van der Waals surface area contributed by atoms with E-state index >= 15 is 0 Å². The summed E-state index contributed by atoms with van der Waals surface area (Å²) in [4.78, 5) is 113. The number of quaternary nitrogens is 1. The van der Waals surface area contributed by atoms with Crippen molar-refractivity contribution in [1.29, 1.82) is 0 Å². The summed E-state index contributed by atoms with van der Waals surface area (Å²) < 4.78 is 51.3. The monoisotopic (exact) mass is 1500 g/mol. The largest absolute Gasteiger partial charge is 0.496 e. The Bertz CT molecular complexity index is 4590. The summed E-state index contributed by atoms with van der Waals surface area (Å²) in [6.07, 6.45) is 9.57. The van der Waals surface area contributed by atoms with E-state index in [1.165, 1.54) is 41.9 Å². The molecule has 2 aliphatic rings. The zero-order valence-electron chi connectivity index (χ0n) is 59.9. The molecule has 5 heterocycles. The molecular formula is C78H85ClFN12O14S+. The van der Waals surface area contributed by atoms with Crippen molar-refractivity contribution in [2.75, 3.05) is 91.7 Å². The average Bonchev–Trinajstić information content (AvgIpc) is 1.61. The number of nitrogens with one attached hydrogen (secondary N) is 4. The SMILES string of the molecule is C#CCOCc1cc(NC(=O)C(CCCNC(N)=O)NC(=O)C(NC(=O)CCOCCN2C(=O)C=CC2=O)C(C)C)ccc1C[N+]1(C)CCN(CCOc2ccc(-c3c(-c4ccc(F)cc4)sc4ncnc(O[C@H](Cc5ccccc5OCc5ccnc(-c6ccccc6OC)n5)C(=O)O)c34)c(C)c2Cl)CC1. The highest BCUT2D eigenvalue weighted by Crippen LogP contribution is 2.50. The number of piperazine rings is 1. The molecule has 0 aliphatic carbocycles. The number of likely N-dealkylation sites (N-methyl/N-ethyl adjacent to an activating group) is 1. The summed E-state index contributed by atoms with van der Waals surface area (Å²) in [7, 11) is 3.77. The van der Waals surface area contributed by atoms with Gasteiger partial charge in [-0.05, 0) is 108 Å². The van der Waals surface area contributed by atoms with Crippen molar-refractivity contribution in [1.82, 2.24) is 45.7 Å². The third kappa shape index (κ3) is 21.0. The quantitative estimate of drug-likeness (QED) is 0.00914. The van der Waals surface area contributed by atoms with E-state index in [0.29, 0.717) is 112 Å². The molecule has 7 N–H and O–H groups in total. The summed E-state index contributed by atoms with van der Waals surface area (Å²) in [6, 6.07) is 28.7. The summed E-state index contributed by atoms with van der Waals surface area (Å²) in [5.41, 5.74) is 12.0. The van der Waals surface area contributed by atoms with E-state index in [9.17, 15) is 43.1 Å². The minimum absolute atomic E-state index is 0.0149. The zero-order valence-corrected chi connectivity index (χ0v) is 61.5. The number of nitrogens with zero attached hydrogens (tertiary/aromatic N) is 7. The van der Waals surface area contributed by atoms with Crippen molar-refractivity contribution < 1.29 is 76.0 Å². The Morgan fingerprint density at radius 3 is 2.29 bits per heavy atom. The Hall–Kier alpha value is -10.9. The maximum absolute atomic E-state index is 14.5. The lowest BCUT2D eigenvalue weighted by molar-refractivity contribution is -0.926. The van der Waals surface area contributed by atoms with E-state index in [1.807, 2.05) is 49.4 Å². The molecule has 3 atom stereocenters. The second kappa shape index (κ2) is 37.4. The first-order valence-electron chi connectivity index (χ1n) is 34.8. The third-order valence-corrected chi connectivity index (χ3v) is 19.9. The molecule has 0 saturated carbocycles. The summed E-state index contributed by atoms with van der Waals surface area (Å²) in [6.45, 7) is 10.3. The number of carbonyl (C=O) groups excluding carboxylic acids is 6. The number of carboxylic acid groups (broad SMARTS) is 1. The number of benzene rings is 5. The van der Waals surface area contributed by atoms with Crippen LogP contribution in [0.5, 0.6) is 23.1 Å². The molecular weight excluding hydrogens is 1420 g/mol. The molecule has 7 amide bonds. The fourth-order valence-corrected chi connectivity index (χ4v) is 13.8. The standard InChI is InChI=1S/C78H84ClFN12O14S/c1-7-38-103-45-53-42-55(87-73(96)59(15-12-30-83-78(81)100)88-74(97)70(48(2)3)89-64(93)29-39-102-40-35-91-65(94)26-27-66(91)95)23-20-52(53)44-92(5)36-32-90(33-37-92)34-41-104-62-25-24-57(49(4)69(62)79)67-68-75(84-47-85-76(68)107-71(67)50-18-21-54(80)22-19-50)106-63(77(98)99)43-51-13-8-10-16-60(51)105-46-56-28-31-82-72(86-56)58-14-9-11-17-61(58)101-6/h1,8-11,13-14,16-28,31,42,47-48,59,63,70H,12,15,29-30,32-41,43-46H2,2-6H3,(H6-,81,83,87,88,89,93,96,97,98,99,100)/p+1/t59?,63-,70?/m1/s1.